The molecular weight excluding hydrogens is 420 g/mol. The molecule has 3 aromatic rings. The molecule has 1 heterocycles. The normalized spacial score (nSPS) is 12.9. The number of amides is 1. The molecule has 0 saturated heterocycles. The summed E-state index contributed by atoms with van der Waals surface area (Å²) in [6, 6.07) is 17.6. The minimum absolute atomic E-state index is 0.166. The number of benzene rings is 3. The van der Waals surface area contributed by atoms with Crippen molar-refractivity contribution in [2.24, 2.45) is 5.10 Å². The zero-order valence-corrected chi connectivity index (χ0v) is 16.5. The zero-order chi connectivity index (χ0) is 19.3. The van der Waals surface area contributed by atoms with Gasteiger partial charge in [-0.3, -0.25) is 4.79 Å². The summed E-state index contributed by atoms with van der Waals surface area (Å²) in [5.74, 6) is 1.31. The molecule has 1 N–H and O–H groups in total. The molecule has 1 aliphatic rings. The molecule has 4 rings (SSSR count). The number of halogens is 1. The SMILES string of the molecule is O=C(Cc1ccc(Br)c2ccccc12)NN=CC=Cc1ccc2c(c1)OCO2. The van der Waals surface area contributed by atoms with Crippen molar-refractivity contribution in [2.45, 2.75) is 6.42 Å². The summed E-state index contributed by atoms with van der Waals surface area (Å²) in [6.07, 6.45) is 5.44. The molecule has 0 radical (unpaired) electrons. The predicted molar refractivity (Wildman–Crippen MR) is 114 cm³/mol. The standard InChI is InChI=1S/C22H17BrN2O3/c23-19-9-8-16(17-5-1-2-6-18(17)19)13-22(26)25-24-11-3-4-15-7-10-20-21(12-15)28-14-27-20/h1-12H,13-14H2,(H,25,26). The summed E-state index contributed by atoms with van der Waals surface area (Å²) < 4.78 is 11.6. The van der Waals surface area contributed by atoms with Crippen LogP contribution >= 0.6 is 15.9 Å². The number of carbonyl (C=O) groups excluding carboxylic acids is 1. The van der Waals surface area contributed by atoms with Crippen molar-refractivity contribution in [1.29, 1.82) is 0 Å². The predicted octanol–water partition coefficient (Wildman–Crippen LogP) is 4.69. The first kappa shape index (κ1) is 18.3. The van der Waals surface area contributed by atoms with Crippen LogP contribution in [0.1, 0.15) is 11.1 Å². The molecule has 0 atom stereocenters. The molecule has 0 spiro atoms. The van der Waals surface area contributed by atoms with Crippen molar-refractivity contribution in [3.05, 3.63) is 76.3 Å². The lowest BCUT2D eigenvalue weighted by molar-refractivity contribution is -0.120. The van der Waals surface area contributed by atoms with Crippen molar-refractivity contribution in [3.8, 4) is 11.5 Å². The molecule has 0 bridgehead atoms. The van der Waals surface area contributed by atoms with Crippen LogP contribution in [0.15, 0.2) is 70.2 Å². The second-order valence-corrected chi connectivity index (χ2v) is 7.07. The number of hydrogen-bond acceptors (Lipinski definition) is 4. The van der Waals surface area contributed by atoms with E-state index in [9.17, 15) is 4.79 Å². The minimum atomic E-state index is -0.166. The van der Waals surface area contributed by atoms with Gasteiger partial charge in [0.25, 0.3) is 0 Å². The molecule has 0 unspecified atom stereocenters. The zero-order valence-electron chi connectivity index (χ0n) is 14.9. The summed E-state index contributed by atoms with van der Waals surface area (Å²) in [4.78, 5) is 12.2. The number of allylic oxidation sites excluding steroid dienone is 1. The third-order valence-corrected chi connectivity index (χ3v) is 5.04. The smallest absolute Gasteiger partial charge is 0.244 e. The van der Waals surface area contributed by atoms with Crippen LogP contribution in [-0.2, 0) is 11.2 Å². The second kappa shape index (κ2) is 8.27. The Morgan fingerprint density at radius 3 is 2.79 bits per heavy atom. The van der Waals surface area contributed by atoms with E-state index in [4.69, 9.17) is 9.47 Å². The number of fused-ring (bicyclic) bond motifs is 2. The molecule has 28 heavy (non-hydrogen) atoms. The average Bonchev–Trinajstić information content (AvgIpc) is 3.18. The molecule has 0 saturated carbocycles. The van der Waals surface area contributed by atoms with Gasteiger partial charge < -0.3 is 9.47 Å². The highest BCUT2D eigenvalue weighted by molar-refractivity contribution is 9.10. The maximum absolute atomic E-state index is 12.2. The van der Waals surface area contributed by atoms with Gasteiger partial charge >= 0.3 is 0 Å². The number of nitrogens with zero attached hydrogens (tertiary/aromatic N) is 1. The summed E-state index contributed by atoms with van der Waals surface area (Å²) >= 11 is 3.55. The first-order chi connectivity index (χ1) is 13.7. The van der Waals surface area contributed by atoms with E-state index in [1.54, 1.807) is 12.3 Å². The monoisotopic (exact) mass is 436 g/mol. The third kappa shape index (κ3) is 4.07. The second-order valence-electron chi connectivity index (χ2n) is 6.21. The van der Waals surface area contributed by atoms with E-state index in [1.165, 1.54) is 0 Å². The van der Waals surface area contributed by atoms with Crippen LogP contribution in [-0.4, -0.2) is 18.9 Å². The molecule has 5 nitrogen and oxygen atoms in total. The number of hydrogen-bond donors (Lipinski definition) is 1. The summed E-state index contributed by atoms with van der Waals surface area (Å²) in [6.45, 7) is 0.254. The van der Waals surface area contributed by atoms with E-state index < -0.39 is 0 Å². The number of hydrazone groups is 1. The minimum Gasteiger partial charge on any atom is -0.454 e. The van der Waals surface area contributed by atoms with Gasteiger partial charge in [-0.25, -0.2) is 5.43 Å². The van der Waals surface area contributed by atoms with Crippen LogP contribution in [0.5, 0.6) is 11.5 Å². The summed E-state index contributed by atoms with van der Waals surface area (Å²) in [5, 5.41) is 6.12. The van der Waals surface area contributed by atoms with Crippen LogP contribution in [0.4, 0.5) is 0 Å². The topological polar surface area (TPSA) is 59.9 Å². The Labute approximate surface area is 170 Å². The van der Waals surface area contributed by atoms with Crippen molar-refractivity contribution >= 4 is 44.9 Å². The van der Waals surface area contributed by atoms with E-state index in [1.807, 2.05) is 60.7 Å². The molecule has 140 valence electrons. The van der Waals surface area contributed by atoms with Crippen LogP contribution in [0.3, 0.4) is 0 Å². The number of rotatable bonds is 5. The lowest BCUT2D eigenvalue weighted by Gasteiger charge is -2.07. The molecule has 1 aliphatic heterocycles. The van der Waals surface area contributed by atoms with Gasteiger partial charge in [-0.2, -0.15) is 5.10 Å². The van der Waals surface area contributed by atoms with Crippen LogP contribution in [0.25, 0.3) is 16.8 Å². The van der Waals surface area contributed by atoms with Crippen LogP contribution in [0, 0.1) is 0 Å². The van der Waals surface area contributed by atoms with Gasteiger partial charge in [-0.05, 0) is 46.2 Å². The molecule has 0 aliphatic carbocycles. The van der Waals surface area contributed by atoms with Gasteiger partial charge in [0.1, 0.15) is 0 Å². The van der Waals surface area contributed by atoms with Gasteiger partial charge in [-0.15, -0.1) is 0 Å². The van der Waals surface area contributed by atoms with E-state index in [2.05, 4.69) is 26.5 Å². The van der Waals surface area contributed by atoms with Gasteiger partial charge in [0.15, 0.2) is 11.5 Å². The molecular formula is C22H17BrN2O3. The van der Waals surface area contributed by atoms with Gasteiger partial charge in [-0.1, -0.05) is 58.4 Å². The summed E-state index contributed by atoms with van der Waals surface area (Å²) in [5.41, 5.74) is 4.48. The molecule has 0 aromatic heterocycles. The average molecular weight is 437 g/mol. The lowest BCUT2D eigenvalue weighted by atomic mass is 10.0. The van der Waals surface area contributed by atoms with Gasteiger partial charge in [0, 0.05) is 10.7 Å². The first-order valence-electron chi connectivity index (χ1n) is 8.75. The van der Waals surface area contributed by atoms with Crippen LogP contribution in [0.2, 0.25) is 0 Å². The lowest BCUT2D eigenvalue weighted by Crippen LogP contribution is -2.19. The molecule has 0 fully saturated rings. The fourth-order valence-corrected chi connectivity index (χ4v) is 3.49. The Morgan fingerprint density at radius 2 is 1.89 bits per heavy atom. The number of ether oxygens (including phenoxy) is 2. The molecule has 1 amide bonds. The Kier molecular flexibility index (Phi) is 5.39. The fraction of sp³-hybridized carbons (Fsp3) is 0.0909. The Hall–Kier alpha value is -3.12. The Balaban J connectivity index is 1.35. The summed E-state index contributed by atoms with van der Waals surface area (Å²) in [7, 11) is 0. The maximum atomic E-state index is 12.2. The number of carbonyl (C=O) groups is 1. The van der Waals surface area contributed by atoms with E-state index >= 15 is 0 Å². The highest BCUT2D eigenvalue weighted by Crippen LogP contribution is 2.32. The van der Waals surface area contributed by atoms with E-state index in [0.717, 1.165) is 37.9 Å². The van der Waals surface area contributed by atoms with Gasteiger partial charge in [0.05, 0.1) is 6.42 Å². The Bertz CT molecular complexity index is 1090. The van der Waals surface area contributed by atoms with Gasteiger partial charge in [0.2, 0.25) is 12.7 Å². The van der Waals surface area contributed by atoms with E-state index in [-0.39, 0.29) is 19.1 Å². The van der Waals surface area contributed by atoms with E-state index in [0.29, 0.717) is 0 Å². The fourth-order valence-electron chi connectivity index (χ4n) is 3.01. The highest BCUT2D eigenvalue weighted by Gasteiger charge is 2.12. The third-order valence-electron chi connectivity index (χ3n) is 4.35. The maximum Gasteiger partial charge on any atom is 0.244 e. The largest absolute Gasteiger partial charge is 0.454 e. The van der Waals surface area contributed by atoms with Crippen LogP contribution < -0.4 is 14.9 Å². The van der Waals surface area contributed by atoms with Crippen molar-refractivity contribution in [1.82, 2.24) is 5.43 Å². The van der Waals surface area contributed by atoms with Crippen molar-refractivity contribution in [2.75, 3.05) is 6.79 Å². The highest BCUT2D eigenvalue weighted by atomic mass is 79.9. The first-order valence-corrected chi connectivity index (χ1v) is 9.54. The quantitative estimate of drug-likeness (QED) is 0.466. The van der Waals surface area contributed by atoms with Crippen molar-refractivity contribution < 1.29 is 14.3 Å². The molecule has 3 aromatic carbocycles. The molecule has 6 heteroatoms. The van der Waals surface area contributed by atoms with Crippen molar-refractivity contribution in [3.63, 3.8) is 0 Å². The number of nitrogens with one attached hydrogen (secondary N) is 1. The Morgan fingerprint density at radius 1 is 1.07 bits per heavy atom.